The van der Waals surface area contributed by atoms with Crippen LogP contribution in [0.25, 0.3) is 0 Å². The lowest BCUT2D eigenvalue weighted by Gasteiger charge is -2.34. The molecule has 39 heavy (non-hydrogen) atoms. The molecule has 0 spiro atoms. The number of aryl methyl sites for hydroxylation is 2. The molecule has 218 valence electrons. The van der Waals surface area contributed by atoms with Crippen molar-refractivity contribution >= 4 is 31.3 Å². The topological polar surface area (TPSA) is 107 Å². The fourth-order valence-electron chi connectivity index (χ4n) is 4.65. The molecule has 0 heterocycles. The number of ether oxygens (including phenoxy) is 1. The smallest absolute Gasteiger partial charge is 0.233 e. The molecule has 9 heteroatoms. The summed E-state index contributed by atoms with van der Waals surface area (Å²) in [6.45, 7) is 15.5. The van der Waals surface area contributed by atoms with Crippen LogP contribution in [0.2, 0.25) is 0 Å². The number of hydrogen-bond acceptors (Lipinski definition) is 6. The first-order valence-electron chi connectivity index (χ1n) is 13.6. The number of Topliss-reactive ketones (excluding diaryl/α,β-unsaturated/α-hetero) is 1. The second kappa shape index (κ2) is 12.9. The largest absolute Gasteiger partial charge is 0.486 e. The van der Waals surface area contributed by atoms with Gasteiger partial charge in [-0.25, -0.2) is 16.8 Å². The van der Waals surface area contributed by atoms with Gasteiger partial charge in [0.15, 0.2) is 15.6 Å². The standard InChI is InChI=1S/C30H45NO6S2/c1-9-16-38(33,34)17-18-39(35,36)31-26-14-12-24(19-22(26)4)30(10-2,11-3)25-13-15-27(23(5)20-25)37-21-28(32)29(6,7)8/h12-15,19-20,31H,9-11,16-18,21H2,1-8H3. The molecule has 0 aliphatic carbocycles. The summed E-state index contributed by atoms with van der Waals surface area (Å²) in [4.78, 5) is 12.3. The van der Waals surface area contributed by atoms with Crippen LogP contribution in [0.1, 0.15) is 83.1 Å². The second-order valence-corrected chi connectivity index (χ2v) is 15.5. The number of nitrogens with one attached hydrogen (secondary N) is 1. The molecule has 0 atom stereocenters. The zero-order valence-electron chi connectivity index (χ0n) is 24.7. The van der Waals surface area contributed by atoms with Gasteiger partial charge in [-0.15, -0.1) is 0 Å². The van der Waals surface area contributed by atoms with Crippen molar-refractivity contribution in [3.8, 4) is 5.75 Å². The van der Waals surface area contributed by atoms with E-state index in [0.717, 1.165) is 35.1 Å². The molecule has 0 aromatic heterocycles. The molecule has 0 amide bonds. The Morgan fingerprint density at radius 2 is 1.38 bits per heavy atom. The van der Waals surface area contributed by atoms with Gasteiger partial charge in [0.2, 0.25) is 10.0 Å². The molecular weight excluding hydrogens is 534 g/mol. The van der Waals surface area contributed by atoms with Crippen molar-refractivity contribution in [2.45, 2.75) is 80.1 Å². The molecular formula is C30H45NO6S2. The average molecular weight is 580 g/mol. The third kappa shape index (κ3) is 8.55. The average Bonchev–Trinajstić information content (AvgIpc) is 2.84. The van der Waals surface area contributed by atoms with Gasteiger partial charge in [-0.2, -0.15) is 0 Å². The highest BCUT2D eigenvalue weighted by Crippen LogP contribution is 2.41. The molecule has 0 fully saturated rings. The van der Waals surface area contributed by atoms with E-state index >= 15 is 0 Å². The number of sulfonamides is 1. The van der Waals surface area contributed by atoms with Gasteiger partial charge < -0.3 is 4.74 Å². The third-order valence-corrected chi connectivity index (χ3v) is 10.7. The number of carbonyl (C=O) groups is 1. The number of hydrogen-bond donors (Lipinski definition) is 1. The SMILES string of the molecule is CCCS(=O)(=O)CCS(=O)(=O)Nc1ccc(C(CC)(CC)c2ccc(OCC(=O)C(C)(C)C)c(C)c2)cc1C. The summed E-state index contributed by atoms with van der Waals surface area (Å²) in [7, 11) is -7.22. The van der Waals surface area contributed by atoms with Crippen molar-refractivity contribution in [2.24, 2.45) is 5.41 Å². The molecule has 7 nitrogen and oxygen atoms in total. The van der Waals surface area contributed by atoms with Gasteiger partial charge in [0.1, 0.15) is 12.4 Å². The summed E-state index contributed by atoms with van der Waals surface area (Å²) in [6.07, 6.45) is 2.11. The van der Waals surface area contributed by atoms with Crippen molar-refractivity contribution in [1.82, 2.24) is 0 Å². The van der Waals surface area contributed by atoms with E-state index in [0.29, 0.717) is 17.9 Å². The molecule has 0 bridgehead atoms. The molecule has 1 N–H and O–H groups in total. The number of sulfone groups is 1. The van der Waals surface area contributed by atoms with Gasteiger partial charge in [-0.05, 0) is 67.5 Å². The van der Waals surface area contributed by atoms with Gasteiger partial charge >= 0.3 is 0 Å². The third-order valence-electron chi connectivity index (χ3n) is 7.35. The molecule has 0 saturated carbocycles. The first-order chi connectivity index (χ1) is 18.0. The molecule has 0 saturated heterocycles. The van der Waals surface area contributed by atoms with E-state index in [-0.39, 0.29) is 23.6 Å². The lowest BCUT2D eigenvalue weighted by molar-refractivity contribution is -0.128. The lowest BCUT2D eigenvalue weighted by atomic mass is 9.70. The minimum absolute atomic E-state index is 0.0199. The Balaban J connectivity index is 2.31. The van der Waals surface area contributed by atoms with E-state index in [4.69, 9.17) is 4.74 Å². The molecule has 0 unspecified atom stereocenters. The van der Waals surface area contributed by atoms with E-state index in [1.807, 2.05) is 58.9 Å². The molecule has 0 radical (unpaired) electrons. The van der Waals surface area contributed by atoms with Gasteiger partial charge in [-0.1, -0.05) is 65.8 Å². The van der Waals surface area contributed by atoms with Crippen molar-refractivity contribution in [2.75, 3.05) is 28.6 Å². The van der Waals surface area contributed by atoms with Crippen LogP contribution in [-0.2, 0) is 30.1 Å². The Bertz CT molecular complexity index is 1370. The fraction of sp³-hybridized carbons (Fsp3) is 0.567. The summed E-state index contributed by atoms with van der Waals surface area (Å²) in [5, 5.41) is 0. The number of carbonyl (C=O) groups excluding carboxylic acids is 1. The van der Waals surface area contributed by atoms with Crippen LogP contribution in [0.5, 0.6) is 5.75 Å². The maximum absolute atomic E-state index is 12.6. The minimum atomic E-state index is -3.82. The fourth-order valence-corrected chi connectivity index (χ4v) is 8.03. The van der Waals surface area contributed by atoms with Crippen molar-refractivity contribution in [3.05, 3.63) is 58.7 Å². The number of benzene rings is 2. The normalized spacial score (nSPS) is 12.8. The Hall–Kier alpha value is -2.39. The highest BCUT2D eigenvalue weighted by atomic mass is 32.2. The molecule has 0 aliphatic heterocycles. The van der Waals surface area contributed by atoms with Crippen molar-refractivity contribution in [3.63, 3.8) is 0 Å². The monoisotopic (exact) mass is 579 g/mol. The summed E-state index contributed by atoms with van der Waals surface area (Å²) < 4.78 is 57.7. The van der Waals surface area contributed by atoms with Crippen molar-refractivity contribution in [1.29, 1.82) is 0 Å². The summed E-state index contributed by atoms with van der Waals surface area (Å²) >= 11 is 0. The predicted molar refractivity (Wildman–Crippen MR) is 160 cm³/mol. The lowest BCUT2D eigenvalue weighted by Crippen LogP contribution is -2.27. The molecule has 2 rings (SSSR count). The van der Waals surface area contributed by atoms with Gasteiger partial charge in [-0.3, -0.25) is 9.52 Å². The first kappa shape index (κ1) is 32.8. The van der Waals surface area contributed by atoms with Crippen LogP contribution in [0.4, 0.5) is 5.69 Å². The van der Waals surface area contributed by atoms with Gasteiger partial charge in [0.05, 0.1) is 17.2 Å². The van der Waals surface area contributed by atoms with E-state index < -0.39 is 36.8 Å². The van der Waals surface area contributed by atoms with Crippen LogP contribution in [0, 0.1) is 19.3 Å². The summed E-state index contributed by atoms with van der Waals surface area (Å²) in [6, 6.07) is 11.8. The van der Waals surface area contributed by atoms with Gasteiger partial charge in [0, 0.05) is 16.6 Å². The number of rotatable bonds is 14. The maximum atomic E-state index is 12.6. The zero-order chi connectivity index (χ0) is 29.6. The van der Waals surface area contributed by atoms with Crippen LogP contribution in [-0.4, -0.2) is 46.5 Å². The number of anilines is 1. The van der Waals surface area contributed by atoms with Crippen LogP contribution in [0.15, 0.2) is 36.4 Å². The highest BCUT2D eigenvalue weighted by molar-refractivity contribution is 7.95. The van der Waals surface area contributed by atoms with Crippen LogP contribution >= 0.6 is 0 Å². The summed E-state index contributed by atoms with van der Waals surface area (Å²) in [5.41, 5.74) is 3.56. The Morgan fingerprint density at radius 1 is 0.821 bits per heavy atom. The molecule has 2 aromatic carbocycles. The Kier molecular flexibility index (Phi) is 10.8. The maximum Gasteiger partial charge on any atom is 0.233 e. The first-order valence-corrected chi connectivity index (χ1v) is 17.1. The summed E-state index contributed by atoms with van der Waals surface area (Å²) in [5.74, 6) is -0.172. The van der Waals surface area contributed by atoms with E-state index in [9.17, 15) is 21.6 Å². The van der Waals surface area contributed by atoms with E-state index in [1.54, 1.807) is 13.0 Å². The molecule has 0 aliphatic rings. The Morgan fingerprint density at radius 3 is 1.87 bits per heavy atom. The number of ketones is 1. The van der Waals surface area contributed by atoms with Crippen LogP contribution < -0.4 is 9.46 Å². The van der Waals surface area contributed by atoms with E-state index in [1.165, 1.54) is 0 Å². The van der Waals surface area contributed by atoms with Crippen LogP contribution in [0.3, 0.4) is 0 Å². The Labute approximate surface area is 235 Å². The van der Waals surface area contributed by atoms with Crippen molar-refractivity contribution < 1.29 is 26.4 Å². The molecule has 2 aromatic rings. The highest BCUT2D eigenvalue weighted by Gasteiger charge is 2.32. The minimum Gasteiger partial charge on any atom is -0.486 e. The second-order valence-electron chi connectivity index (χ2n) is 11.3. The predicted octanol–water partition coefficient (Wildman–Crippen LogP) is 5.97. The van der Waals surface area contributed by atoms with Gasteiger partial charge in [0.25, 0.3) is 0 Å². The zero-order valence-corrected chi connectivity index (χ0v) is 26.3. The van der Waals surface area contributed by atoms with E-state index in [2.05, 4.69) is 24.6 Å². The quantitative estimate of drug-likeness (QED) is 0.296.